The number of cyclic esters (lactones) is 1. The fraction of sp³-hybridized carbons (Fsp3) is 0.526. The van der Waals surface area contributed by atoms with E-state index in [2.05, 4.69) is 6.58 Å². The average Bonchev–Trinajstić information content (AvgIpc) is 3.20. The zero-order chi connectivity index (χ0) is 20.8. The number of hydrogen-bond donors (Lipinski definition) is 2. The standard InChI is InChI=1S/C19H22O9/c1-5-9-8(2)12(20)10(6-19(9,3)4)26-17(24)18-25-7-11(27-18)15-13(21)14(22)16(23)28-15/h5,10-11,15,18,21-22H,1,6-7H2,2-4H3/t10?,11-,15+,18?/m0/s1. The van der Waals surface area contributed by atoms with Gasteiger partial charge in [-0.2, -0.15) is 0 Å². The third-order valence-corrected chi connectivity index (χ3v) is 5.13. The maximum atomic E-state index is 12.5. The van der Waals surface area contributed by atoms with Gasteiger partial charge in [0.2, 0.25) is 5.76 Å². The first kappa shape index (κ1) is 20.1. The Kier molecular flexibility index (Phi) is 5.07. The van der Waals surface area contributed by atoms with E-state index >= 15 is 0 Å². The largest absolute Gasteiger partial charge is 0.505 e. The summed E-state index contributed by atoms with van der Waals surface area (Å²) in [6, 6.07) is 0. The normalized spacial score (nSPS) is 32.5. The summed E-state index contributed by atoms with van der Waals surface area (Å²) in [6.07, 6.45) is -2.79. The van der Waals surface area contributed by atoms with Gasteiger partial charge in [-0.1, -0.05) is 26.5 Å². The lowest BCUT2D eigenvalue weighted by molar-refractivity contribution is -0.184. The number of Topliss-reactive ketones (excluding diaryl/α,β-unsaturated/α-hetero) is 1. The molecule has 0 aromatic carbocycles. The van der Waals surface area contributed by atoms with Gasteiger partial charge in [0.15, 0.2) is 23.8 Å². The van der Waals surface area contributed by atoms with Crippen LogP contribution >= 0.6 is 0 Å². The quantitative estimate of drug-likeness (QED) is 0.680. The van der Waals surface area contributed by atoms with Crippen LogP contribution in [0.2, 0.25) is 0 Å². The molecular formula is C19H22O9. The second-order valence-corrected chi connectivity index (χ2v) is 7.52. The number of allylic oxidation sites excluding steroid dienone is 2. The Bertz CT molecular complexity index is 804. The van der Waals surface area contributed by atoms with Gasteiger partial charge in [-0.15, -0.1) is 0 Å². The predicted octanol–water partition coefficient (Wildman–Crippen LogP) is 1.39. The molecule has 0 bridgehead atoms. The molecule has 0 amide bonds. The third kappa shape index (κ3) is 3.31. The van der Waals surface area contributed by atoms with Crippen LogP contribution < -0.4 is 0 Å². The molecule has 1 fully saturated rings. The zero-order valence-corrected chi connectivity index (χ0v) is 15.8. The van der Waals surface area contributed by atoms with E-state index in [0.29, 0.717) is 5.57 Å². The van der Waals surface area contributed by atoms with Crippen molar-refractivity contribution in [1.82, 2.24) is 0 Å². The van der Waals surface area contributed by atoms with Crippen molar-refractivity contribution in [3.05, 3.63) is 35.3 Å². The highest BCUT2D eigenvalue weighted by Gasteiger charge is 2.47. The third-order valence-electron chi connectivity index (χ3n) is 5.13. The number of hydrogen-bond acceptors (Lipinski definition) is 9. The molecule has 152 valence electrons. The molecule has 2 unspecified atom stereocenters. The number of aliphatic hydroxyl groups is 2. The Hall–Kier alpha value is -2.65. The first-order valence-corrected chi connectivity index (χ1v) is 8.75. The molecule has 2 aliphatic heterocycles. The molecule has 1 saturated heterocycles. The molecule has 3 aliphatic rings. The van der Waals surface area contributed by atoms with E-state index in [0.717, 1.165) is 5.57 Å². The fourth-order valence-electron chi connectivity index (χ4n) is 3.69. The molecule has 0 aromatic rings. The summed E-state index contributed by atoms with van der Waals surface area (Å²) in [4.78, 5) is 36.2. The number of rotatable bonds is 4. The second kappa shape index (κ2) is 7.06. The van der Waals surface area contributed by atoms with E-state index in [1.54, 1.807) is 13.0 Å². The SMILES string of the molecule is C=CC1=C(C)C(=O)C(OC(=O)C2OC[C@@H]([C@H]3OC(=O)C(O)=C3O)O2)CC1(C)C. The Morgan fingerprint density at radius 2 is 2.00 bits per heavy atom. The monoisotopic (exact) mass is 394 g/mol. The summed E-state index contributed by atoms with van der Waals surface area (Å²) in [7, 11) is 0. The lowest BCUT2D eigenvalue weighted by atomic mass is 9.71. The van der Waals surface area contributed by atoms with Crippen LogP contribution in [-0.2, 0) is 33.3 Å². The van der Waals surface area contributed by atoms with E-state index < -0.39 is 53.5 Å². The summed E-state index contributed by atoms with van der Waals surface area (Å²) < 4.78 is 20.7. The molecule has 9 heteroatoms. The van der Waals surface area contributed by atoms with Crippen LogP contribution in [0.1, 0.15) is 27.2 Å². The maximum Gasteiger partial charge on any atom is 0.377 e. The van der Waals surface area contributed by atoms with E-state index in [9.17, 15) is 24.6 Å². The van der Waals surface area contributed by atoms with Gasteiger partial charge in [-0.05, 0) is 23.5 Å². The van der Waals surface area contributed by atoms with E-state index in [4.69, 9.17) is 18.9 Å². The molecule has 2 heterocycles. The van der Waals surface area contributed by atoms with E-state index in [1.807, 2.05) is 13.8 Å². The maximum absolute atomic E-state index is 12.5. The Labute approximate surface area is 161 Å². The summed E-state index contributed by atoms with van der Waals surface area (Å²) in [5.74, 6) is -3.90. The molecule has 28 heavy (non-hydrogen) atoms. The Balaban J connectivity index is 1.65. The Morgan fingerprint density at radius 1 is 1.32 bits per heavy atom. The van der Waals surface area contributed by atoms with Crippen LogP contribution in [0.4, 0.5) is 0 Å². The van der Waals surface area contributed by atoms with Gasteiger partial charge in [0.1, 0.15) is 6.10 Å². The molecule has 3 rings (SSSR count). The van der Waals surface area contributed by atoms with Crippen LogP contribution in [0, 0.1) is 5.41 Å². The molecular weight excluding hydrogens is 372 g/mol. The van der Waals surface area contributed by atoms with Crippen LogP contribution in [0.15, 0.2) is 35.3 Å². The number of esters is 2. The summed E-state index contributed by atoms with van der Waals surface area (Å²) in [5.41, 5.74) is 0.887. The van der Waals surface area contributed by atoms with Crippen LogP contribution in [0.25, 0.3) is 0 Å². The summed E-state index contributed by atoms with van der Waals surface area (Å²) in [5, 5.41) is 19.1. The van der Waals surface area contributed by atoms with Gasteiger partial charge in [-0.25, -0.2) is 9.59 Å². The zero-order valence-electron chi connectivity index (χ0n) is 15.8. The molecule has 4 atom stereocenters. The molecule has 0 aromatic heterocycles. The first-order chi connectivity index (χ1) is 13.1. The van der Waals surface area contributed by atoms with Crippen molar-refractivity contribution in [3.63, 3.8) is 0 Å². The van der Waals surface area contributed by atoms with Crippen molar-refractivity contribution in [1.29, 1.82) is 0 Å². The van der Waals surface area contributed by atoms with Gasteiger partial charge in [0, 0.05) is 6.42 Å². The van der Waals surface area contributed by atoms with Gasteiger partial charge in [-0.3, -0.25) is 4.79 Å². The summed E-state index contributed by atoms with van der Waals surface area (Å²) >= 11 is 0. The van der Waals surface area contributed by atoms with Crippen molar-refractivity contribution in [2.24, 2.45) is 5.41 Å². The molecule has 9 nitrogen and oxygen atoms in total. The van der Waals surface area contributed by atoms with E-state index in [1.165, 1.54) is 0 Å². The van der Waals surface area contributed by atoms with Crippen molar-refractivity contribution in [3.8, 4) is 0 Å². The smallest absolute Gasteiger partial charge is 0.377 e. The highest BCUT2D eigenvalue weighted by atomic mass is 16.8. The molecule has 0 radical (unpaired) electrons. The van der Waals surface area contributed by atoms with Crippen molar-refractivity contribution in [2.75, 3.05) is 6.61 Å². The van der Waals surface area contributed by atoms with Gasteiger partial charge in [0.05, 0.1) is 6.61 Å². The lowest BCUT2D eigenvalue weighted by Crippen LogP contribution is -2.41. The fourth-order valence-corrected chi connectivity index (χ4v) is 3.69. The highest BCUT2D eigenvalue weighted by molar-refractivity contribution is 6.01. The van der Waals surface area contributed by atoms with Gasteiger partial charge in [0.25, 0.3) is 6.29 Å². The van der Waals surface area contributed by atoms with Crippen molar-refractivity contribution in [2.45, 2.75) is 51.8 Å². The van der Waals surface area contributed by atoms with Crippen LogP contribution in [-0.4, -0.2) is 59.1 Å². The number of ketones is 1. The first-order valence-electron chi connectivity index (χ1n) is 8.75. The van der Waals surface area contributed by atoms with Crippen molar-refractivity contribution >= 4 is 17.7 Å². The lowest BCUT2D eigenvalue weighted by Gasteiger charge is -2.36. The highest BCUT2D eigenvalue weighted by Crippen LogP contribution is 2.40. The predicted molar refractivity (Wildman–Crippen MR) is 93.0 cm³/mol. The Morgan fingerprint density at radius 3 is 2.57 bits per heavy atom. The average molecular weight is 394 g/mol. The van der Waals surface area contributed by atoms with Gasteiger partial charge < -0.3 is 29.2 Å². The number of carbonyl (C=O) groups excluding carboxylic acids is 3. The van der Waals surface area contributed by atoms with Crippen LogP contribution in [0.5, 0.6) is 0 Å². The second-order valence-electron chi connectivity index (χ2n) is 7.52. The number of ether oxygens (including phenoxy) is 4. The summed E-state index contributed by atoms with van der Waals surface area (Å²) in [6.45, 7) is 9.07. The van der Waals surface area contributed by atoms with Crippen molar-refractivity contribution < 1.29 is 43.5 Å². The topological polar surface area (TPSA) is 129 Å². The number of aliphatic hydroxyl groups excluding tert-OH is 2. The van der Waals surface area contributed by atoms with Crippen LogP contribution in [0.3, 0.4) is 0 Å². The molecule has 2 N–H and O–H groups in total. The molecule has 0 spiro atoms. The molecule has 1 aliphatic carbocycles. The number of carbonyl (C=O) groups is 3. The molecule has 0 saturated carbocycles. The minimum absolute atomic E-state index is 0.182. The minimum Gasteiger partial charge on any atom is -0.505 e. The minimum atomic E-state index is -1.44. The van der Waals surface area contributed by atoms with Gasteiger partial charge >= 0.3 is 11.9 Å². The van der Waals surface area contributed by atoms with E-state index in [-0.39, 0.29) is 18.8 Å².